The van der Waals surface area contributed by atoms with Crippen LogP contribution in [0, 0.1) is 0 Å². The van der Waals surface area contributed by atoms with Crippen LogP contribution >= 0.6 is 11.8 Å². The van der Waals surface area contributed by atoms with Crippen LogP contribution in [0.2, 0.25) is 0 Å². The van der Waals surface area contributed by atoms with Crippen LogP contribution in [0.3, 0.4) is 0 Å². The highest BCUT2D eigenvalue weighted by atomic mass is 32.2. The van der Waals surface area contributed by atoms with Gasteiger partial charge in [-0.15, -0.1) is 10.2 Å². The fraction of sp³-hybridized carbons (Fsp3) is 0.308. The Hall–Kier alpha value is -2.42. The SMILES string of the molecule is Cn1c(SCC(=O)N2CCOC2=O)nnc1-c1ccncc1. The summed E-state index contributed by atoms with van der Waals surface area (Å²) < 4.78 is 6.54. The first-order valence-electron chi connectivity index (χ1n) is 6.56. The predicted octanol–water partition coefficient (Wildman–Crippen LogP) is 0.948. The zero-order valence-electron chi connectivity index (χ0n) is 11.8. The van der Waals surface area contributed by atoms with Crippen molar-refractivity contribution >= 4 is 23.8 Å². The Labute approximate surface area is 130 Å². The smallest absolute Gasteiger partial charge is 0.416 e. The Morgan fingerprint density at radius 2 is 2.14 bits per heavy atom. The molecule has 0 saturated carbocycles. The van der Waals surface area contributed by atoms with Crippen LogP contribution in [-0.4, -0.2) is 55.6 Å². The number of hydrogen-bond donors (Lipinski definition) is 0. The molecule has 2 amide bonds. The van der Waals surface area contributed by atoms with Crippen molar-refractivity contribution in [2.24, 2.45) is 7.05 Å². The van der Waals surface area contributed by atoms with Gasteiger partial charge in [0.05, 0.1) is 12.3 Å². The fourth-order valence-electron chi connectivity index (χ4n) is 2.02. The molecule has 1 aliphatic heterocycles. The summed E-state index contributed by atoms with van der Waals surface area (Å²) in [7, 11) is 1.83. The summed E-state index contributed by atoms with van der Waals surface area (Å²) in [4.78, 5) is 28.3. The van der Waals surface area contributed by atoms with Crippen molar-refractivity contribution in [3.63, 3.8) is 0 Å². The van der Waals surface area contributed by atoms with E-state index < -0.39 is 6.09 Å². The third kappa shape index (κ3) is 2.80. The molecule has 0 aromatic carbocycles. The van der Waals surface area contributed by atoms with Gasteiger partial charge in [0.15, 0.2) is 11.0 Å². The summed E-state index contributed by atoms with van der Waals surface area (Å²) in [6.07, 6.45) is 2.78. The highest BCUT2D eigenvalue weighted by Gasteiger charge is 2.28. The Morgan fingerprint density at radius 1 is 1.36 bits per heavy atom. The monoisotopic (exact) mass is 319 g/mol. The molecular formula is C13H13N5O3S. The second-order valence-electron chi connectivity index (χ2n) is 4.55. The van der Waals surface area contributed by atoms with E-state index in [2.05, 4.69) is 15.2 Å². The van der Waals surface area contributed by atoms with E-state index in [1.807, 2.05) is 19.2 Å². The number of imide groups is 1. The molecule has 0 aliphatic carbocycles. The van der Waals surface area contributed by atoms with Gasteiger partial charge in [0.1, 0.15) is 6.61 Å². The zero-order chi connectivity index (χ0) is 15.5. The van der Waals surface area contributed by atoms with E-state index in [0.29, 0.717) is 17.5 Å². The molecule has 0 unspecified atom stereocenters. The van der Waals surface area contributed by atoms with Crippen molar-refractivity contribution in [2.45, 2.75) is 5.16 Å². The molecule has 0 spiro atoms. The third-order valence-electron chi connectivity index (χ3n) is 3.16. The molecular weight excluding hydrogens is 306 g/mol. The highest BCUT2D eigenvalue weighted by Crippen LogP contribution is 2.22. The quantitative estimate of drug-likeness (QED) is 0.775. The van der Waals surface area contributed by atoms with Gasteiger partial charge in [-0.3, -0.25) is 9.78 Å². The lowest BCUT2D eigenvalue weighted by atomic mass is 10.2. The summed E-state index contributed by atoms with van der Waals surface area (Å²) in [5.41, 5.74) is 0.895. The topological polar surface area (TPSA) is 90.2 Å². The van der Waals surface area contributed by atoms with Gasteiger partial charge in [-0.05, 0) is 12.1 Å². The van der Waals surface area contributed by atoms with Gasteiger partial charge in [0.2, 0.25) is 5.91 Å². The van der Waals surface area contributed by atoms with Crippen LogP contribution in [0.5, 0.6) is 0 Å². The Balaban J connectivity index is 1.68. The van der Waals surface area contributed by atoms with Crippen LogP contribution in [0.25, 0.3) is 11.4 Å². The molecule has 1 aliphatic rings. The largest absolute Gasteiger partial charge is 0.447 e. The fourth-order valence-corrected chi connectivity index (χ4v) is 2.80. The molecule has 0 atom stereocenters. The van der Waals surface area contributed by atoms with E-state index in [9.17, 15) is 9.59 Å². The average molecular weight is 319 g/mol. The molecule has 22 heavy (non-hydrogen) atoms. The van der Waals surface area contributed by atoms with Crippen molar-refractivity contribution < 1.29 is 14.3 Å². The number of rotatable bonds is 4. The molecule has 0 bridgehead atoms. The van der Waals surface area contributed by atoms with Gasteiger partial charge in [-0.1, -0.05) is 11.8 Å². The summed E-state index contributed by atoms with van der Waals surface area (Å²) in [5.74, 6) is 0.510. The first-order chi connectivity index (χ1) is 10.7. The molecule has 114 valence electrons. The number of nitrogens with zero attached hydrogens (tertiary/aromatic N) is 5. The van der Waals surface area contributed by atoms with Gasteiger partial charge in [0.25, 0.3) is 0 Å². The minimum atomic E-state index is -0.582. The Morgan fingerprint density at radius 3 is 2.82 bits per heavy atom. The van der Waals surface area contributed by atoms with Crippen LogP contribution in [-0.2, 0) is 16.6 Å². The first kappa shape index (κ1) is 14.5. The predicted molar refractivity (Wildman–Crippen MR) is 78.0 cm³/mol. The number of hydrogen-bond acceptors (Lipinski definition) is 7. The molecule has 8 nitrogen and oxygen atoms in total. The van der Waals surface area contributed by atoms with E-state index in [-0.39, 0.29) is 18.3 Å². The summed E-state index contributed by atoms with van der Waals surface area (Å²) in [6.45, 7) is 0.560. The number of amides is 2. The Bertz CT molecular complexity index is 703. The molecule has 3 rings (SSSR count). The first-order valence-corrected chi connectivity index (χ1v) is 7.55. The van der Waals surface area contributed by atoms with E-state index in [4.69, 9.17) is 4.74 Å². The van der Waals surface area contributed by atoms with E-state index in [1.54, 1.807) is 17.0 Å². The van der Waals surface area contributed by atoms with Crippen LogP contribution in [0.4, 0.5) is 4.79 Å². The number of thioether (sulfide) groups is 1. The van der Waals surface area contributed by atoms with Gasteiger partial charge in [0, 0.05) is 25.0 Å². The van der Waals surface area contributed by atoms with Crippen molar-refractivity contribution in [3.05, 3.63) is 24.5 Å². The molecule has 2 aromatic rings. The van der Waals surface area contributed by atoms with Gasteiger partial charge in [-0.2, -0.15) is 0 Å². The van der Waals surface area contributed by atoms with E-state index in [1.165, 1.54) is 11.8 Å². The van der Waals surface area contributed by atoms with Crippen LogP contribution in [0.1, 0.15) is 0 Å². The maximum absolute atomic E-state index is 12.0. The second-order valence-corrected chi connectivity index (χ2v) is 5.49. The lowest BCUT2D eigenvalue weighted by Crippen LogP contribution is -2.33. The summed E-state index contributed by atoms with van der Waals surface area (Å²) in [6, 6.07) is 3.67. The number of carbonyl (C=O) groups excluding carboxylic acids is 2. The summed E-state index contributed by atoms with van der Waals surface area (Å²) in [5, 5.41) is 8.81. The second kappa shape index (κ2) is 6.14. The molecule has 1 fully saturated rings. The molecule has 3 heterocycles. The van der Waals surface area contributed by atoms with E-state index in [0.717, 1.165) is 10.5 Å². The number of aromatic nitrogens is 4. The van der Waals surface area contributed by atoms with Crippen LogP contribution in [0.15, 0.2) is 29.7 Å². The number of carbonyl (C=O) groups is 2. The van der Waals surface area contributed by atoms with Gasteiger partial charge in [-0.25, -0.2) is 9.69 Å². The minimum Gasteiger partial charge on any atom is -0.447 e. The van der Waals surface area contributed by atoms with E-state index >= 15 is 0 Å². The molecule has 0 radical (unpaired) electrons. The highest BCUT2D eigenvalue weighted by molar-refractivity contribution is 7.99. The van der Waals surface area contributed by atoms with Crippen molar-refractivity contribution in [1.29, 1.82) is 0 Å². The number of ether oxygens (including phenoxy) is 1. The zero-order valence-corrected chi connectivity index (χ0v) is 12.6. The van der Waals surface area contributed by atoms with Crippen LogP contribution < -0.4 is 0 Å². The number of pyridine rings is 1. The van der Waals surface area contributed by atoms with Crippen molar-refractivity contribution in [1.82, 2.24) is 24.6 Å². The third-order valence-corrected chi connectivity index (χ3v) is 4.17. The normalized spacial score (nSPS) is 14.2. The standard InChI is InChI=1S/C13H13N5O3S/c1-17-11(9-2-4-14-5-3-9)15-16-12(17)22-8-10(19)18-6-7-21-13(18)20/h2-5H,6-8H2,1H3. The molecule has 2 aromatic heterocycles. The van der Waals surface area contributed by atoms with Crippen molar-refractivity contribution in [3.8, 4) is 11.4 Å². The van der Waals surface area contributed by atoms with Gasteiger partial charge < -0.3 is 9.30 Å². The van der Waals surface area contributed by atoms with Crippen molar-refractivity contribution in [2.75, 3.05) is 18.9 Å². The summed E-state index contributed by atoms with van der Waals surface area (Å²) >= 11 is 1.23. The Kier molecular flexibility index (Phi) is 4.05. The molecule has 9 heteroatoms. The number of cyclic esters (lactones) is 1. The maximum atomic E-state index is 12.0. The maximum Gasteiger partial charge on any atom is 0.416 e. The molecule has 1 saturated heterocycles. The lowest BCUT2D eigenvalue weighted by molar-refractivity contribution is -0.125. The molecule has 0 N–H and O–H groups in total. The lowest BCUT2D eigenvalue weighted by Gasteiger charge is -2.09. The minimum absolute atomic E-state index is 0.109. The van der Waals surface area contributed by atoms with Gasteiger partial charge >= 0.3 is 6.09 Å². The average Bonchev–Trinajstić information content (AvgIpc) is 3.12.